The third-order valence-electron chi connectivity index (χ3n) is 5.09. The Morgan fingerprint density at radius 2 is 1.90 bits per heavy atom. The molecule has 2 rings (SSSR count). The molecule has 0 heterocycles. The summed E-state index contributed by atoms with van der Waals surface area (Å²) in [7, 11) is 0. The average Bonchev–Trinajstić information content (AvgIpc) is 2.54. The van der Waals surface area contributed by atoms with Crippen LogP contribution in [0, 0.1) is 11.8 Å². The lowest BCUT2D eigenvalue weighted by atomic mass is 9.84. The third-order valence-corrected chi connectivity index (χ3v) is 5.09. The van der Waals surface area contributed by atoms with Gasteiger partial charge in [0.15, 0.2) is 0 Å². The predicted octanol–water partition coefficient (Wildman–Crippen LogP) is 6.65. The van der Waals surface area contributed by atoms with Crippen LogP contribution in [-0.4, -0.2) is 0 Å². The van der Waals surface area contributed by atoms with Gasteiger partial charge in [-0.3, -0.25) is 0 Å². The Morgan fingerprint density at radius 3 is 2.48 bits per heavy atom. The summed E-state index contributed by atoms with van der Waals surface area (Å²) < 4.78 is 0. The minimum Gasteiger partial charge on any atom is -0.0804 e. The zero-order valence-corrected chi connectivity index (χ0v) is 14.2. The molecule has 0 heteroatoms. The van der Waals surface area contributed by atoms with Crippen LogP contribution in [0.1, 0.15) is 76.8 Å². The van der Waals surface area contributed by atoms with E-state index in [4.69, 9.17) is 0 Å². The molecule has 0 N–H and O–H groups in total. The van der Waals surface area contributed by atoms with Gasteiger partial charge >= 0.3 is 0 Å². The fourth-order valence-corrected chi connectivity index (χ4v) is 3.31. The molecule has 0 bridgehead atoms. The van der Waals surface area contributed by atoms with Crippen LogP contribution >= 0.6 is 0 Å². The van der Waals surface area contributed by atoms with Crippen molar-refractivity contribution in [2.24, 2.45) is 11.8 Å². The molecule has 1 aromatic carbocycles. The maximum atomic E-state index is 2.51. The Kier molecular flexibility index (Phi) is 6.54. The fraction of sp³-hybridized carbons (Fsp3) is 0.619. The molecule has 0 radical (unpaired) electrons. The lowest BCUT2D eigenvalue weighted by molar-refractivity contribution is 0.434. The molecule has 0 amide bonds. The van der Waals surface area contributed by atoms with E-state index in [0.717, 1.165) is 11.8 Å². The maximum Gasteiger partial charge on any atom is -0.0228 e. The fourth-order valence-electron chi connectivity index (χ4n) is 3.31. The monoisotopic (exact) mass is 284 g/mol. The van der Waals surface area contributed by atoms with Gasteiger partial charge in [-0.05, 0) is 54.2 Å². The molecule has 116 valence electrons. The van der Waals surface area contributed by atoms with E-state index < -0.39 is 0 Å². The van der Waals surface area contributed by atoms with Crippen molar-refractivity contribution in [1.82, 2.24) is 0 Å². The van der Waals surface area contributed by atoms with Crippen molar-refractivity contribution in [1.29, 1.82) is 0 Å². The van der Waals surface area contributed by atoms with Crippen molar-refractivity contribution in [3.63, 3.8) is 0 Å². The number of rotatable bonds is 7. The standard InChI is InChI=1S/C21H32/c1-4-6-7-18-8-12-20(13-9-18)21-14-10-19(11-15-21)16-17(3)5-2/h10-12,14-15,17-18H,4-9,13,16H2,1-3H3. The van der Waals surface area contributed by atoms with Crippen molar-refractivity contribution in [2.45, 2.75) is 72.1 Å². The molecule has 0 saturated heterocycles. The van der Waals surface area contributed by atoms with Crippen LogP contribution in [0.4, 0.5) is 0 Å². The second kappa shape index (κ2) is 8.41. The number of benzene rings is 1. The zero-order chi connectivity index (χ0) is 15.1. The van der Waals surface area contributed by atoms with Crippen molar-refractivity contribution < 1.29 is 0 Å². The summed E-state index contributed by atoms with van der Waals surface area (Å²) in [6.07, 6.45) is 13.1. The van der Waals surface area contributed by atoms with Crippen molar-refractivity contribution in [2.75, 3.05) is 0 Å². The van der Waals surface area contributed by atoms with Crippen LogP contribution in [0.5, 0.6) is 0 Å². The Bertz CT molecular complexity index is 438. The van der Waals surface area contributed by atoms with E-state index in [1.807, 2.05) is 0 Å². The average molecular weight is 284 g/mol. The highest BCUT2D eigenvalue weighted by Gasteiger charge is 2.15. The Hall–Kier alpha value is -1.04. The predicted molar refractivity (Wildman–Crippen MR) is 94.4 cm³/mol. The van der Waals surface area contributed by atoms with Gasteiger partial charge < -0.3 is 0 Å². The highest BCUT2D eigenvalue weighted by Crippen LogP contribution is 2.32. The van der Waals surface area contributed by atoms with Gasteiger partial charge in [0.05, 0.1) is 0 Å². The minimum atomic E-state index is 0.795. The van der Waals surface area contributed by atoms with Crippen LogP contribution in [0.2, 0.25) is 0 Å². The molecule has 1 aliphatic carbocycles. The number of hydrogen-bond donors (Lipinski definition) is 0. The van der Waals surface area contributed by atoms with Gasteiger partial charge in [0.1, 0.15) is 0 Å². The molecular weight excluding hydrogens is 252 g/mol. The molecule has 21 heavy (non-hydrogen) atoms. The smallest absolute Gasteiger partial charge is 0.0228 e. The van der Waals surface area contributed by atoms with E-state index in [1.54, 1.807) is 5.57 Å². The first-order chi connectivity index (χ1) is 10.2. The van der Waals surface area contributed by atoms with E-state index >= 15 is 0 Å². The van der Waals surface area contributed by atoms with E-state index in [1.165, 1.54) is 62.5 Å². The van der Waals surface area contributed by atoms with Crippen molar-refractivity contribution >= 4 is 5.57 Å². The van der Waals surface area contributed by atoms with Gasteiger partial charge in [0, 0.05) is 0 Å². The summed E-state index contributed by atoms with van der Waals surface area (Å²) in [6, 6.07) is 9.36. The van der Waals surface area contributed by atoms with Gasteiger partial charge in [0.25, 0.3) is 0 Å². The van der Waals surface area contributed by atoms with Gasteiger partial charge in [-0.1, -0.05) is 76.8 Å². The molecule has 1 aromatic rings. The van der Waals surface area contributed by atoms with Crippen LogP contribution in [-0.2, 0) is 6.42 Å². The summed E-state index contributed by atoms with van der Waals surface area (Å²) in [4.78, 5) is 0. The van der Waals surface area contributed by atoms with E-state index in [-0.39, 0.29) is 0 Å². The number of allylic oxidation sites excluding steroid dienone is 2. The van der Waals surface area contributed by atoms with Gasteiger partial charge in [-0.25, -0.2) is 0 Å². The minimum absolute atomic E-state index is 0.795. The molecule has 0 spiro atoms. The van der Waals surface area contributed by atoms with Crippen LogP contribution in [0.15, 0.2) is 30.3 Å². The van der Waals surface area contributed by atoms with Gasteiger partial charge in [-0.15, -0.1) is 0 Å². The molecular formula is C21H32. The number of hydrogen-bond acceptors (Lipinski definition) is 0. The second-order valence-electron chi connectivity index (χ2n) is 6.93. The SMILES string of the molecule is CCCCC1CC=C(c2ccc(CC(C)CC)cc2)CC1. The second-order valence-corrected chi connectivity index (χ2v) is 6.93. The molecule has 0 aliphatic heterocycles. The van der Waals surface area contributed by atoms with E-state index in [0.29, 0.717) is 0 Å². The topological polar surface area (TPSA) is 0 Å². The van der Waals surface area contributed by atoms with E-state index in [2.05, 4.69) is 51.1 Å². The van der Waals surface area contributed by atoms with Crippen LogP contribution in [0.3, 0.4) is 0 Å². The molecule has 2 atom stereocenters. The summed E-state index contributed by atoms with van der Waals surface area (Å²) >= 11 is 0. The summed E-state index contributed by atoms with van der Waals surface area (Å²) in [6.45, 7) is 6.92. The molecule has 0 nitrogen and oxygen atoms in total. The molecule has 2 unspecified atom stereocenters. The van der Waals surface area contributed by atoms with Crippen molar-refractivity contribution in [3.8, 4) is 0 Å². The number of unbranched alkanes of at least 4 members (excludes halogenated alkanes) is 1. The first-order valence-electron chi connectivity index (χ1n) is 9.01. The first-order valence-corrected chi connectivity index (χ1v) is 9.01. The first kappa shape index (κ1) is 16.3. The summed E-state index contributed by atoms with van der Waals surface area (Å²) in [5.41, 5.74) is 4.53. The normalized spacial score (nSPS) is 20.1. The maximum absolute atomic E-state index is 2.51. The summed E-state index contributed by atoms with van der Waals surface area (Å²) in [5.74, 6) is 1.74. The lowest BCUT2D eigenvalue weighted by Crippen LogP contribution is -2.05. The Morgan fingerprint density at radius 1 is 1.14 bits per heavy atom. The highest BCUT2D eigenvalue weighted by molar-refractivity contribution is 5.66. The van der Waals surface area contributed by atoms with Crippen molar-refractivity contribution in [3.05, 3.63) is 41.5 Å². The molecule has 0 aromatic heterocycles. The van der Waals surface area contributed by atoms with Gasteiger partial charge in [-0.2, -0.15) is 0 Å². The third kappa shape index (κ3) is 5.02. The Balaban J connectivity index is 1.92. The molecule has 0 saturated carbocycles. The van der Waals surface area contributed by atoms with Crippen LogP contribution < -0.4 is 0 Å². The largest absolute Gasteiger partial charge is 0.0804 e. The lowest BCUT2D eigenvalue weighted by Gasteiger charge is -2.22. The zero-order valence-electron chi connectivity index (χ0n) is 14.2. The Labute approximate surface area is 131 Å². The quantitative estimate of drug-likeness (QED) is 0.526. The highest BCUT2D eigenvalue weighted by atomic mass is 14.2. The molecule has 0 fully saturated rings. The summed E-state index contributed by atoms with van der Waals surface area (Å²) in [5, 5.41) is 0. The molecule has 1 aliphatic rings. The van der Waals surface area contributed by atoms with Crippen LogP contribution in [0.25, 0.3) is 5.57 Å². The van der Waals surface area contributed by atoms with Gasteiger partial charge in [0.2, 0.25) is 0 Å². The van der Waals surface area contributed by atoms with E-state index in [9.17, 15) is 0 Å².